The molecular weight excluding hydrogens is 594 g/mol. The highest BCUT2D eigenvalue weighted by atomic mass is 35.5. The fourth-order valence-electron chi connectivity index (χ4n) is 4.47. The van der Waals surface area contributed by atoms with Crippen LogP contribution in [0.2, 0.25) is 5.02 Å². The zero-order chi connectivity index (χ0) is 29.6. The predicted octanol–water partition coefficient (Wildman–Crippen LogP) is 7.30. The molecule has 0 unspecified atom stereocenters. The van der Waals surface area contributed by atoms with Crippen LogP contribution in [0.25, 0.3) is 5.76 Å². The summed E-state index contributed by atoms with van der Waals surface area (Å²) < 4.78 is 11.7. The number of carbonyl (C=O) groups excluding carboxylic acids is 2. The summed E-state index contributed by atoms with van der Waals surface area (Å²) in [6.45, 7) is 2.67. The number of aliphatic hydroxyl groups is 1. The standard InChI is InChI=1S/C31H28ClN3O5S2/c1-3-4-16-40-22-14-12-19(13-15-22)27(36)25-26(20-9-7-10-23(17-20)39-2)35(29(38)28(25)37)30-33-34-31(42-30)41-18-21-8-5-6-11-24(21)32/h5-15,17,26,36H,3-4,16,18H2,1-2H3/t26-/m1/s1. The van der Waals surface area contributed by atoms with Gasteiger partial charge in [-0.1, -0.05) is 78.4 Å². The number of anilines is 1. The molecule has 1 atom stereocenters. The maximum Gasteiger partial charge on any atom is 0.301 e. The monoisotopic (exact) mass is 621 g/mol. The number of rotatable bonds is 11. The molecule has 42 heavy (non-hydrogen) atoms. The molecule has 216 valence electrons. The van der Waals surface area contributed by atoms with Crippen LogP contribution in [0.3, 0.4) is 0 Å². The number of aromatic nitrogens is 2. The second-order valence-electron chi connectivity index (χ2n) is 9.40. The summed E-state index contributed by atoms with van der Waals surface area (Å²) in [6, 6.07) is 20.4. The predicted molar refractivity (Wildman–Crippen MR) is 166 cm³/mol. The summed E-state index contributed by atoms with van der Waals surface area (Å²) in [7, 11) is 1.54. The highest BCUT2D eigenvalue weighted by molar-refractivity contribution is 8.00. The second kappa shape index (κ2) is 13.4. The Kier molecular flexibility index (Phi) is 9.46. The van der Waals surface area contributed by atoms with Crippen LogP contribution >= 0.6 is 34.7 Å². The number of aliphatic hydroxyl groups excluding tert-OH is 1. The zero-order valence-electron chi connectivity index (χ0n) is 23.0. The van der Waals surface area contributed by atoms with Crippen LogP contribution in [-0.2, 0) is 15.3 Å². The fraction of sp³-hybridized carbons (Fsp3) is 0.226. The number of benzene rings is 3. The number of carbonyl (C=O) groups is 2. The first-order valence-corrected chi connectivity index (χ1v) is 15.5. The maximum absolute atomic E-state index is 13.5. The first kappa shape index (κ1) is 29.6. The molecule has 1 aliphatic rings. The van der Waals surface area contributed by atoms with Crippen LogP contribution in [-0.4, -0.2) is 40.7 Å². The summed E-state index contributed by atoms with van der Waals surface area (Å²) in [5, 5.41) is 20.9. The Labute approximate surface area is 257 Å². The van der Waals surface area contributed by atoms with Gasteiger partial charge in [0.1, 0.15) is 17.3 Å². The van der Waals surface area contributed by atoms with Crippen molar-refractivity contribution in [1.29, 1.82) is 0 Å². The van der Waals surface area contributed by atoms with Gasteiger partial charge in [-0.05, 0) is 60.0 Å². The van der Waals surface area contributed by atoms with Crippen molar-refractivity contribution in [3.8, 4) is 11.5 Å². The number of hydrogen-bond acceptors (Lipinski definition) is 9. The van der Waals surface area contributed by atoms with E-state index in [0.717, 1.165) is 18.4 Å². The maximum atomic E-state index is 13.5. The van der Waals surface area contributed by atoms with Crippen molar-refractivity contribution < 1.29 is 24.2 Å². The van der Waals surface area contributed by atoms with Crippen LogP contribution in [0.5, 0.6) is 11.5 Å². The zero-order valence-corrected chi connectivity index (χ0v) is 25.3. The number of unbranched alkanes of at least 4 members (excludes halogenated alkanes) is 1. The number of nitrogens with zero attached hydrogens (tertiary/aromatic N) is 3. The van der Waals surface area contributed by atoms with Crippen LogP contribution in [0.1, 0.15) is 42.5 Å². The van der Waals surface area contributed by atoms with E-state index in [2.05, 4.69) is 17.1 Å². The molecule has 1 fully saturated rings. The Morgan fingerprint density at radius 1 is 1.05 bits per heavy atom. The van der Waals surface area contributed by atoms with E-state index < -0.39 is 17.7 Å². The molecule has 0 aliphatic carbocycles. The smallest absolute Gasteiger partial charge is 0.301 e. The summed E-state index contributed by atoms with van der Waals surface area (Å²) >= 11 is 8.91. The number of halogens is 1. The van der Waals surface area contributed by atoms with Gasteiger partial charge < -0.3 is 14.6 Å². The van der Waals surface area contributed by atoms with Crippen molar-refractivity contribution in [3.05, 3.63) is 100 Å². The summed E-state index contributed by atoms with van der Waals surface area (Å²) in [4.78, 5) is 28.3. The largest absolute Gasteiger partial charge is 0.507 e. The Morgan fingerprint density at radius 3 is 2.57 bits per heavy atom. The lowest BCUT2D eigenvalue weighted by Crippen LogP contribution is -2.29. The normalized spacial score (nSPS) is 16.2. The Hall–Kier alpha value is -3.86. The molecule has 0 bridgehead atoms. The van der Waals surface area contributed by atoms with Gasteiger partial charge in [0.05, 0.1) is 25.3 Å². The van der Waals surface area contributed by atoms with Gasteiger partial charge in [-0.25, -0.2) is 0 Å². The third kappa shape index (κ3) is 6.30. The molecule has 3 aromatic carbocycles. The molecule has 2 heterocycles. The van der Waals surface area contributed by atoms with Crippen molar-refractivity contribution in [2.75, 3.05) is 18.6 Å². The van der Waals surface area contributed by atoms with E-state index in [1.165, 1.54) is 35.1 Å². The Bertz CT molecular complexity index is 1620. The molecule has 1 amide bonds. The minimum absolute atomic E-state index is 0.0478. The first-order valence-electron chi connectivity index (χ1n) is 13.3. The number of Topliss-reactive ketones (excluding diaryl/α,β-unsaturated/α-hetero) is 1. The van der Waals surface area contributed by atoms with E-state index in [1.807, 2.05) is 24.3 Å². The first-order chi connectivity index (χ1) is 20.4. The number of hydrogen-bond donors (Lipinski definition) is 1. The molecule has 1 saturated heterocycles. The summed E-state index contributed by atoms with van der Waals surface area (Å²) in [6.07, 6.45) is 1.94. The van der Waals surface area contributed by atoms with Gasteiger partial charge in [0.25, 0.3) is 5.78 Å². The molecular formula is C31H28ClN3O5S2. The van der Waals surface area contributed by atoms with Crippen molar-refractivity contribution in [2.45, 2.75) is 35.9 Å². The lowest BCUT2D eigenvalue weighted by atomic mass is 9.95. The Morgan fingerprint density at radius 2 is 1.83 bits per heavy atom. The molecule has 0 spiro atoms. The van der Waals surface area contributed by atoms with E-state index in [1.54, 1.807) is 48.5 Å². The van der Waals surface area contributed by atoms with Crippen molar-refractivity contribution in [1.82, 2.24) is 10.2 Å². The average Bonchev–Trinajstić information content (AvgIpc) is 3.58. The van der Waals surface area contributed by atoms with E-state index in [9.17, 15) is 14.7 Å². The van der Waals surface area contributed by atoms with Crippen LogP contribution in [0.4, 0.5) is 5.13 Å². The van der Waals surface area contributed by atoms with Gasteiger partial charge >= 0.3 is 5.91 Å². The summed E-state index contributed by atoms with van der Waals surface area (Å²) in [5.74, 6) is -0.154. The highest BCUT2D eigenvalue weighted by Gasteiger charge is 2.48. The molecule has 5 rings (SSSR count). The van der Waals surface area contributed by atoms with Crippen LogP contribution in [0, 0.1) is 0 Å². The minimum Gasteiger partial charge on any atom is -0.507 e. The lowest BCUT2D eigenvalue weighted by Gasteiger charge is -2.23. The van der Waals surface area contributed by atoms with E-state index in [4.69, 9.17) is 21.1 Å². The quantitative estimate of drug-likeness (QED) is 0.0465. The fourth-order valence-corrected chi connectivity index (χ4v) is 6.62. The molecule has 1 aromatic heterocycles. The topological polar surface area (TPSA) is 102 Å². The molecule has 0 radical (unpaired) electrons. The Balaban J connectivity index is 1.51. The molecule has 0 saturated carbocycles. The van der Waals surface area contributed by atoms with Gasteiger partial charge in [0.2, 0.25) is 5.13 Å². The number of methoxy groups -OCH3 is 1. The van der Waals surface area contributed by atoms with Gasteiger partial charge in [-0.15, -0.1) is 10.2 Å². The number of amides is 1. The van der Waals surface area contributed by atoms with E-state index >= 15 is 0 Å². The molecule has 8 nitrogen and oxygen atoms in total. The van der Waals surface area contributed by atoms with Gasteiger partial charge in [-0.2, -0.15) is 0 Å². The minimum atomic E-state index is -0.949. The van der Waals surface area contributed by atoms with E-state index in [-0.39, 0.29) is 16.5 Å². The summed E-state index contributed by atoms with van der Waals surface area (Å²) in [5.41, 5.74) is 1.86. The highest BCUT2D eigenvalue weighted by Crippen LogP contribution is 2.44. The number of thioether (sulfide) groups is 1. The van der Waals surface area contributed by atoms with Crippen LogP contribution in [0.15, 0.2) is 82.7 Å². The van der Waals surface area contributed by atoms with Crippen molar-refractivity contribution >= 4 is 57.3 Å². The SMILES string of the molecule is CCCCOc1ccc(C(O)=C2C(=O)C(=O)N(c3nnc(SCc4ccccc4Cl)s3)[C@@H]2c2cccc(OC)c2)cc1. The van der Waals surface area contributed by atoms with Gasteiger partial charge in [0, 0.05) is 16.3 Å². The third-order valence-electron chi connectivity index (χ3n) is 6.66. The average molecular weight is 622 g/mol. The molecule has 1 aliphatic heterocycles. The number of ether oxygens (including phenoxy) is 2. The van der Waals surface area contributed by atoms with Gasteiger partial charge in [-0.3, -0.25) is 14.5 Å². The molecule has 4 aromatic rings. The van der Waals surface area contributed by atoms with Crippen molar-refractivity contribution in [3.63, 3.8) is 0 Å². The van der Waals surface area contributed by atoms with Gasteiger partial charge in [0.15, 0.2) is 4.34 Å². The second-order valence-corrected chi connectivity index (χ2v) is 12.0. The molecule has 1 N–H and O–H groups in total. The van der Waals surface area contributed by atoms with Crippen LogP contribution < -0.4 is 14.4 Å². The lowest BCUT2D eigenvalue weighted by molar-refractivity contribution is -0.132. The number of ketones is 1. The van der Waals surface area contributed by atoms with E-state index in [0.29, 0.717) is 44.3 Å². The third-order valence-corrected chi connectivity index (χ3v) is 9.13. The van der Waals surface area contributed by atoms with Crippen molar-refractivity contribution in [2.24, 2.45) is 0 Å². The molecule has 11 heteroatoms.